The summed E-state index contributed by atoms with van der Waals surface area (Å²) in [5, 5.41) is 8.73. The molecule has 8 heteroatoms. The van der Waals surface area contributed by atoms with Gasteiger partial charge < -0.3 is 4.74 Å². The number of carbonyl (C=O) groups excluding carboxylic acids is 2. The molecule has 138 valence electrons. The highest BCUT2D eigenvalue weighted by Gasteiger charge is 2.30. The van der Waals surface area contributed by atoms with Gasteiger partial charge >= 0.3 is 0 Å². The maximum atomic E-state index is 12.2. The molecular weight excluding hydrogens is 346 g/mol. The Kier molecular flexibility index (Phi) is 5.99. The summed E-state index contributed by atoms with van der Waals surface area (Å²) in [6.07, 6.45) is 0.563. The molecule has 2 aromatic carbocycles. The molecule has 2 atom stereocenters. The van der Waals surface area contributed by atoms with Gasteiger partial charge in [-0.15, -0.1) is 0 Å². The van der Waals surface area contributed by atoms with Gasteiger partial charge in [-0.05, 0) is 36.2 Å². The van der Waals surface area contributed by atoms with Crippen LogP contribution >= 0.6 is 0 Å². The minimum atomic E-state index is -0.488. The summed E-state index contributed by atoms with van der Waals surface area (Å²) >= 11 is 0. The standard InChI is InChI=1S/C19H19N5O3/c20-11-13-6-8-15(9-7-13)27-12-18(25)23-24-19(26)17-10-16(21-22-17)14-4-2-1-3-5-14/h1-9,16-17,21-22H,10,12H2,(H,23,25)(H,24,26). The van der Waals surface area contributed by atoms with E-state index >= 15 is 0 Å². The Morgan fingerprint density at radius 2 is 1.81 bits per heavy atom. The molecule has 1 aliphatic rings. The Labute approximate surface area is 156 Å². The minimum absolute atomic E-state index is 0.0253. The van der Waals surface area contributed by atoms with Crippen molar-refractivity contribution in [1.29, 1.82) is 5.26 Å². The first-order valence-corrected chi connectivity index (χ1v) is 8.43. The number of hydrogen-bond donors (Lipinski definition) is 4. The van der Waals surface area contributed by atoms with Gasteiger partial charge in [-0.2, -0.15) is 5.26 Å². The highest BCUT2D eigenvalue weighted by atomic mass is 16.5. The third-order valence-electron chi connectivity index (χ3n) is 4.10. The molecule has 1 fully saturated rings. The zero-order chi connectivity index (χ0) is 19.1. The van der Waals surface area contributed by atoms with E-state index in [0.717, 1.165) is 5.56 Å². The van der Waals surface area contributed by atoms with Gasteiger partial charge in [0, 0.05) is 6.04 Å². The summed E-state index contributed by atoms with van der Waals surface area (Å²) in [6, 6.07) is 17.7. The number of hydrogen-bond acceptors (Lipinski definition) is 6. The fourth-order valence-corrected chi connectivity index (χ4v) is 2.66. The van der Waals surface area contributed by atoms with Crippen LogP contribution in [0.4, 0.5) is 0 Å². The zero-order valence-electron chi connectivity index (χ0n) is 14.4. The van der Waals surface area contributed by atoms with E-state index in [9.17, 15) is 9.59 Å². The molecule has 0 aromatic heterocycles. The third kappa shape index (κ3) is 5.04. The fourth-order valence-electron chi connectivity index (χ4n) is 2.66. The molecule has 0 bridgehead atoms. The number of carbonyl (C=O) groups is 2. The van der Waals surface area contributed by atoms with E-state index in [4.69, 9.17) is 10.00 Å². The van der Waals surface area contributed by atoms with Crippen molar-refractivity contribution in [1.82, 2.24) is 21.7 Å². The minimum Gasteiger partial charge on any atom is -0.484 e. The summed E-state index contributed by atoms with van der Waals surface area (Å²) in [6.45, 7) is -0.255. The van der Waals surface area contributed by atoms with Crippen molar-refractivity contribution in [2.75, 3.05) is 6.61 Å². The molecule has 0 aliphatic carbocycles. The van der Waals surface area contributed by atoms with E-state index in [1.54, 1.807) is 24.3 Å². The molecule has 0 spiro atoms. The molecule has 4 N–H and O–H groups in total. The molecular formula is C19H19N5O3. The van der Waals surface area contributed by atoms with Gasteiger partial charge in [-0.25, -0.2) is 10.9 Å². The lowest BCUT2D eigenvalue weighted by molar-refractivity contribution is -0.130. The molecule has 27 heavy (non-hydrogen) atoms. The van der Waals surface area contributed by atoms with Crippen molar-refractivity contribution < 1.29 is 14.3 Å². The van der Waals surface area contributed by atoms with Crippen LogP contribution in [0, 0.1) is 11.3 Å². The van der Waals surface area contributed by atoms with Gasteiger partial charge in [0.1, 0.15) is 11.8 Å². The largest absolute Gasteiger partial charge is 0.484 e. The van der Waals surface area contributed by atoms with E-state index in [2.05, 4.69) is 21.7 Å². The first-order chi connectivity index (χ1) is 13.2. The van der Waals surface area contributed by atoms with E-state index in [0.29, 0.717) is 17.7 Å². The Bertz CT molecular complexity index is 833. The SMILES string of the molecule is N#Cc1ccc(OCC(=O)NNC(=O)C2CC(c3ccccc3)NN2)cc1. The zero-order valence-corrected chi connectivity index (χ0v) is 14.4. The average molecular weight is 365 g/mol. The fraction of sp³-hybridized carbons (Fsp3) is 0.211. The van der Waals surface area contributed by atoms with Gasteiger partial charge in [0.05, 0.1) is 11.6 Å². The summed E-state index contributed by atoms with van der Waals surface area (Å²) in [7, 11) is 0. The average Bonchev–Trinajstić information content (AvgIpc) is 3.22. The van der Waals surface area contributed by atoms with E-state index < -0.39 is 11.9 Å². The topological polar surface area (TPSA) is 115 Å². The van der Waals surface area contributed by atoms with Crippen molar-refractivity contribution in [3.63, 3.8) is 0 Å². The molecule has 1 heterocycles. The number of nitriles is 1. The van der Waals surface area contributed by atoms with E-state index in [1.165, 1.54) is 0 Å². The molecule has 2 aromatic rings. The highest BCUT2D eigenvalue weighted by Crippen LogP contribution is 2.21. The summed E-state index contributed by atoms with van der Waals surface area (Å²) in [5.41, 5.74) is 12.3. The van der Waals surface area contributed by atoms with Gasteiger partial charge in [0.15, 0.2) is 6.61 Å². The predicted molar refractivity (Wildman–Crippen MR) is 96.8 cm³/mol. The van der Waals surface area contributed by atoms with Crippen LogP contribution in [0.15, 0.2) is 54.6 Å². The maximum absolute atomic E-state index is 12.2. The predicted octanol–water partition coefficient (Wildman–Crippen LogP) is 0.692. The first-order valence-electron chi connectivity index (χ1n) is 8.43. The second-order valence-corrected chi connectivity index (χ2v) is 6.00. The summed E-state index contributed by atoms with van der Waals surface area (Å²) < 4.78 is 5.30. The lowest BCUT2D eigenvalue weighted by Crippen LogP contribution is -2.51. The Hall–Kier alpha value is -3.41. The van der Waals surface area contributed by atoms with Crippen molar-refractivity contribution in [2.24, 2.45) is 0 Å². The quantitative estimate of drug-likeness (QED) is 0.580. The first kappa shape index (κ1) is 18.4. The number of nitrogens with zero attached hydrogens (tertiary/aromatic N) is 1. The number of ether oxygens (including phenoxy) is 1. The van der Waals surface area contributed by atoms with Crippen molar-refractivity contribution in [3.05, 3.63) is 65.7 Å². The molecule has 2 amide bonds. The number of nitrogens with one attached hydrogen (secondary N) is 4. The number of hydrazine groups is 2. The molecule has 0 saturated carbocycles. The molecule has 2 unspecified atom stereocenters. The maximum Gasteiger partial charge on any atom is 0.276 e. The van der Waals surface area contributed by atoms with Crippen molar-refractivity contribution in [2.45, 2.75) is 18.5 Å². The van der Waals surface area contributed by atoms with Crippen LogP contribution in [0.1, 0.15) is 23.6 Å². The molecule has 1 aliphatic heterocycles. The lowest BCUT2D eigenvalue weighted by atomic mass is 10.0. The van der Waals surface area contributed by atoms with Crippen LogP contribution in [0.5, 0.6) is 5.75 Å². The van der Waals surface area contributed by atoms with Crippen LogP contribution in [0.3, 0.4) is 0 Å². The third-order valence-corrected chi connectivity index (χ3v) is 4.10. The summed E-state index contributed by atoms with van der Waals surface area (Å²) in [5.74, 6) is -0.367. The monoisotopic (exact) mass is 365 g/mol. The van der Waals surface area contributed by atoms with E-state index in [1.807, 2.05) is 36.4 Å². The van der Waals surface area contributed by atoms with Gasteiger partial charge in [0.25, 0.3) is 11.8 Å². The van der Waals surface area contributed by atoms with Gasteiger partial charge in [0.2, 0.25) is 0 Å². The Morgan fingerprint density at radius 1 is 1.07 bits per heavy atom. The van der Waals surface area contributed by atoms with Crippen LogP contribution in [0.25, 0.3) is 0 Å². The second-order valence-electron chi connectivity index (χ2n) is 6.00. The smallest absolute Gasteiger partial charge is 0.276 e. The van der Waals surface area contributed by atoms with Gasteiger partial charge in [-0.3, -0.25) is 20.4 Å². The molecule has 1 saturated heterocycles. The van der Waals surface area contributed by atoms with E-state index in [-0.39, 0.29) is 18.6 Å². The Morgan fingerprint density at radius 3 is 2.52 bits per heavy atom. The van der Waals surface area contributed by atoms with Crippen LogP contribution in [0.2, 0.25) is 0 Å². The molecule has 3 rings (SSSR count). The van der Waals surface area contributed by atoms with Crippen LogP contribution in [-0.4, -0.2) is 24.5 Å². The van der Waals surface area contributed by atoms with Crippen molar-refractivity contribution >= 4 is 11.8 Å². The number of benzene rings is 2. The number of amides is 2. The number of rotatable bonds is 5. The van der Waals surface area contributed by atoms with Crippen LogP contribution in [-0.2, 0) is 9.59 Å². The van der Waals surface area contributed by atoms with Crippen LogP contribution < -0.4 is 26.4 Å². The second kappa shape index (κ2) is 8.80. The lowest BCUT2D eigenvalue weighted by Gasteiger charge is -2.12. The van der Waals surface area contributed by atoms with Gasteiger partial charge in [-0.1, -0.05) is 30.3 Å². The highest BCUT2D eigenvalue weighted by molar-refractivity contribution is 5.86. The summed E-state index contributed by atoms with van der Waals surface area (Å²) in [4.78, 5) is 24.0. The molecule has 8 nitrogen and oxygen atoms in total. The van der Waals surface area contributed by atoms with Crippen molar-refractivity contribution in [3.8, 4) is 11.8 Å². The molecule has 0 radical (unpaired) electrons. The Balaban J connectivity index is 1.40. The normalized spacial score (nSPS) is 18.3.